The highest BCUT2D eigenvalue weighted by molar-refractivity contribution is 5.30. The minimum atomic E-state index is 0.273. The van der Waals surface area contributed by atoms with Gasteiger partial charge in [0.15, 0.2) is 0 Å². The first kappa shape index (κ1) is 13.6. The minimum Gasteiger partial charge on any atom is -0.497 e. The molecule has 0 aliphatic heterocycles. The summed E-state index contributed by atoms with van der Waals surface area (Å²) in [5.74, 6) is 0.892. The van der Waals surface area contributed by atoms with Crippen LogP contribution in [0.5, 0.6) is 5.75 Å². The van der Waals surface area contributed by atoms with Crippen LogP contribution in [0.15, 0.2) is 30.5 Å². The second kappa shape index (κ2) is 5.89. The van der Waals surface area contributed by atoms with Crippen LogP contribution >= 0.6 is 0 Å². The molecule has 19 heavy (non-hydrogen) atoms. The lowest BCUT2D eigenvalue weighted by molar-refractivity contribution is 0.413. The molecule has 2 aromatic rings. The van der Waals surface area contributed by atoms with E-state index in [4.69, 9.17) is 4.74 Å². The van der Waals surface area contributed by atoms with Crippen molar-refractivity contribution in [2.75, 3.05) is 7.11 Å². The molecule has 0 amide bonds. The normalized spacial score (nSPS) is 12.4. The highest BCUT2D eigenvalue weighted by Crippen LogP contribution is 2.19. The van der Waals surface area contributed by atoms with Crippen molar-refractivity contribution < 1.29 is 4.74 Å². The number of nitrogens with one attached hydrogen (secondary N) is 1. The first-order valence-corrected chi connectivity index (χ1v) is 6.46. The van der Waals surface area contributed by atoms with Gasteiger partial charge in [-0.2, -0.15) is 5.10 Å². The van der Waals surface area contributed by atoms with E-state index in [2.05, 4.69) is 36.4 Å². The predicted molar refractivity (Wildman–Crippen MR) is 76.2 cm³/mol. The lowest BCUT2D eigenvalue weighted by Crippen LogP contribution is -2.18. The Morgan fingerprint density at radius 1 is 1.42 bits per heavy atom. The lowest BCUT2D eigenvalue weighted by Gasteiger charge is -2.15. The van der Waals surface area contributed by atoms with Gasteiger partial charge < -0.3 is 10.1 Å². The Morgan fingerprint density at radius 2 is 2.21 bits per heavy atom. The Hall–Kier alpha value is -1.81. The predicted octanol–water partition coefficient (Wildman–Crippen LogP) is 2.59. The summed E-state index contributed by atoms with van der Waals surface area (Å²) >= 11 is 0. The first-order chi connectivity index (χ1) is 9.11. The molecule has 1 atom stereocenters. The van der Waals surface area contributed by atoms with Crippen molar-refractivity contribution in [2.45, 2.75) is 26.4 Å². The minimum absolute atomic E-state index is 0.273. The van der Waals surface area contributed by atoms with Gasteiger partial charge in [0.25, 0.3) is 0 Å². The molecule has 0 unspecified atom stereocenters. The van der Waals surface area contributed by atoms with Gasteiger partial charge in [0.05, 0.1) is 13.3 Å². The maximum Gasteiger partial charge on any atom is 0.119 e. The molecule has 1 aromatic carbocycles. The van der Waals surface area contributed by atoms with Crippen LogP contribution in [0.4, 0.5) is 0 Å². The fraction of sp³-hybridized carbons (Fsp3) is 0.400. The number of rotatable bonds is 5. The molecule has 1 heterocycles. The molecule has 4 heteroatoms. The second-order valence-corrected chi connectivity index (χ2v) is 4.76. The zero-order valence-electron chi connectivity index (χ0n) is 12.0. The Balaban J connectivity index is 2.01. The average molecular weight is 259 g/mol. The fourth-order valence-corrected chi connectivity index (χ4v) is 2.01. The molecule has 0 saturated heterocycles. The Kier molecular flexibility index (Phi) is 4.22. The molecule has 0 bridgehead atoms. The van der Waals surface area contributed by atoms with Crippen LogP contribution < -0.4 is 10.1 Å². The van der Waals surface area contributed by atoms with E-state index in [1.165, 1.54) is 16.8 Å². The van der Waals surface area contributed by atoms with Gasteiger partial charge >= 0.3 is 0 Å². The summed E-state index contributed by atoms with van der Waals surface area (Å²) in [5.41, 5.74) is 3.66. The van der Waals surface area contributed by atoms with Crippen LogP contribution in [0.2, 0.25) is 0 Å². The largest absolute Gasteiger partial charge is 0.497 e. The molecular weight excluding hydrogens is 238 g/mol. The maximum atomic E-state index is 5.25. The standard InChI is InChI=1S/C15H21N3O/c1-11(13-6-5-7-15(8-13)19-4)16-9-14-10-17-18(3)12(14)2/h5-8,10-11,16H,9H2,1-4H3/t11-/m0/s1. The number of methoxy groups -OCH3 is 1. The first-order valence-electron chi connectivity index (χ1n) is 6.46. The molecule has 0 radical (unpaired) electrons. The molecule has 0 aliphatic rings. The number of aryl methyl sites for hydroxylation is 1. The van der Waals surface area contributed by atoms with Gasteiger partial charge in [-0.05, 0) is 31.5 Å². The van der Waals surface area contributed by atoms with Crippen LogP contribution in [0.1, 0.15) is 29.8 Å². The monoisotopic (exact) mass is 259 g/mol. The van der Waals surface area contributed by atoms with E-state index in [0.29, 0.717) is 0 Å². The number of ether oxygens (including phenoxy) is 1. The van der Waals surface area contributed by atoms with Gasteiger partial charge in [-0.25, -0.2) is 0 Å². The van der Waals surface area contributed by atoms with Crippen molar-refractivity contribution >= 4 is 0 Å². The van der Waals surface area contributed by atoms with E-state index < -0.39 is 0 Å². The third-order valence-electron chi connectivity index (χ3n) is 3.53. The van der Waals surface area contributed by atoms with Crippen molar-refractivity contribution in [1.29, 1.82) is 0 Å². The number of aromatic nitrogens is 2. The molecule has 2 rings (SSSR count). The number of hydrogen-bond acceptors (Lipinski definition) is 3. The molecular formula is C15H21N3O. The zero-order chi connectivity index (χ0) is 13.8. The van der Waals surface area contributed by atoms with Crippen molar-refractivity contribution in [1.82, 2.24) is 15.1 Å². The molecule has 4 nitrogen and oxygen atoms in total. The summed E-state index contributed by atoms with van der Waals surface area (Å²) in [6, 6.07) is 8.42. The van der Waals surface area contributed by atoms with Crippen molar-refractivity contribution in [2.24, 2.45) is 7.05 Å². The van der Waals surface area contributed by atoms with Gasteiger partial charge in [-0.1, -0.05) is 12.1 Å². The van der Waals surface area contributed by atoms with E-state index in [1.54, 1.807) is 7.11 Å². The average Bonchev–Trinajstić information content (AvgIpc) is 2.76. The van der Waals surface area contributed by atoms with Crippen LogP contribution in [0, 0.1) is 6.92 Å². The van der Waals surface area contributed by atoms with Crippen molar-refractivity contribution in [3.63, 3.8) is 0 Å². The number of hydrogen-bond donors (Lipinski definition) is 1. The molecule has 102 valence electrons. The van der Waals surface area contributed by atoms with Gasteiger partial charge in [-0.3, -0.25) is 4.68 Å². The summed E-state index contributed by atoms with van der Waals surface area (Å²) in [4.78, 5) is 0. The summed E-state index contributed by atoms with van der Waals surface area (Å²) < 4.78 is 7.15. The van der Waals surface area contributed by atoms with E-state index in [0.717, 1.165) is 12.3 Å². The van der Waals surface area contributed by atoms with Gasteiger partial charge in [0, 0.05) is 30.9 Å². The van der Waals surface area contributed by atoms with Crippen molar-refractivity contribution in [3.8, 4) is 5.75 Å². The lowest BCUT2D eigenvalue weighted by atomic mass is 10.1. The Labute approximate surface area is 114 Å². The fourth-order valence-electron chi connectivity index (χ4n) is 2.01. The van der Waals surface area contributed by atoms with Crippen molar-refractivity contribution in [3.05, 3.63) is 47.3 Å². The maximum absolute atomic E-state index is 5.25. The Bertz CT molecular complexity index is 548. The molecule has 0 saturated carbocycles. The zero-order valence-corrected chi connectivity index (χ0v) is 12.0. The summed E-state index contributed by atoms with van der Waals surface area (Å²) in [6.45, 7) is 5.05. The van der Waals surface area contributed by atoms with E-state index >= 15 is 0 Å². The molecule has 0 fully saturated rings. The molecule has 1 aromatic heterocycles. The van der Waals surface area contributed by atoms with Gasteiger partial charge in [-0.15, -0.1) is 0 Å². The summed E-state index contributed by atoms with van der Waals surface area (Å²) in [5, 5.41) is 7.76. The summed E-state index contributed by atoms with van der Waals surface area (Å²) in [6.07, 6.45) is 1.92. The van der Waals surface area contributed by atoms with Crippen LogP contribution in [0.25, 0.3) is 0 Å². The van der Waals surface area contributed by atoms with Crippen LogP contribution in [-0.4, -0.2) is 16.9 Å². The highest BCUT2D eigenvalue weighted by atomic mass is 16.5. The number of nitrogens with zero attached hydrogens (tertiary/aromatic N) is 2. The van der Waals surface area contributed by atoms with E-state index in [9.17, 15) is 0 Å². The third-order valence-corrected chi connectivity index (χ3v) is 3.53. The van der Waals surface area contributed by atoms with Gasteiger partial charge in [0.2, 0.25) is 0 Å². The summed E-state index contributed by atoms with van der Waals surface area (Å²) in [7, 11) is 3.65. The van der Waals surface area contributed by atoms with Crippen LogP contribution in [-0.2, 0) is 13.6 Å². The van der Waals surface area contributed by atoms with Crippen LogP contribution in [0.3, 0.4) is 0 Å². The third kappa shape index (κ3) is 3.15. The van der Waals surface area contributed by atoms with E-state index in [-0.39, 0.29) is 6.04 Å². The number of benzene rings is 1. The quantitative estimate of drug-likeness (QED) is 0.897. The molecule has 0 spiro atoms. The SMILES string of the molecule is COc1cccc([C@H](C)NCc2cnn(C)c2C)c1. The second-order valence-electron chi connectivity index (χ2n) is 4.76. The van der Waals surface area contributed by atoms with E-state index in [1.807, 2.05) is 30.1 Å². The smallest absolute Gasteiger partial charge is 0.119 e. The van der Waals surface area contributed by atoms with Gasteiger partial charge in [0.1, 0.15) is 5.75 Å². The highest BCUT2D eigenvalue weighted by Gasteiger charge is 2.08. The molecule has 0 aliphatic carbocycles. The molecule has 1 N–H and O–H groups in total. The Morgan fingerprint density at radius 3 is 2.84 bits per heavy atom. The topological polar surface area (TPSA) is 39.1 Å².